The Labute approximate surface area is 127 Å². The molecule has 1 aliphatic heterocycles. The average Bonchev–Trinajstić information content (AvgIpc) is 2.97. The van der Waals surface area contributed by atoms with Crippen LogP contribution in [0.25, 0.3) is 0 Å². The van der Waals surface area contributed by atoms with E-state index in [1.165, 1.54) is 0 Å². The zero-order valence-electron chi connectivity index (χ0n) is 12.5. The van der Waals surface area contributed by atoms with Gasteiger partial charge in [-0.1, -0.05) is 12.1 Å². The molecule has 21 heavy (non-hydrogen) atoms. The van der Waals surface area contributed by atoms with Crippen molar-refractivity contribution < 1.29 is 9.00 Å². The van der Waals surface area contributed by atoms with Gasteiger partial charge in [0, 0.05) is 28.9 Å². The lowest BCUT2D eigenvalue weighted by atomic mass is 10.1. The first kappa shape index (κ1) is 16.1. The molecule has 1 amide bonds. The average molecular weight is 313 g/mol. The van der Waals surface area contributed by atoms with E-state index in [1.54, 1.807) is 17.1 Å². The molecule has 2 unspecified atom stereocenters. The first-order valence-corrected chi connectivity index (χ1v) is 8.93. The number of aromatic nitrogens is 3. The Morgan fingerprint density at radius 1 is 1.57 bits per heavy atom. The number of carbonyl (C=O) groups is 1. The van der Waals surface area contributed by atoms with Gasteiger partial charge in [-0.2, -0.15) is 0 Å². The van der Waals surface area contributed by atoms with Crippen LogP contribution in [0.1, 0.15) is 42.7 Å². The number of rotatable bonds is 6. The van der Waals surface area contributed by atoms with Gasteiger partial charge in [0.25, 0.3) is 5.91 Å². The normalized spacial score (nSPS) is 19.1. The van der Waals surface area contributed by atoms with Gasteiger partial charge in [-0.15, -0.1) is 5.10 Å². The molecule has 0 aromatic carbocycles. The first-order valence-electron chi connectivity index (χ1n) is 7.31. The van der Waals surface area contributed by atoms with E-state index in [-0.39, 0.29) is 11.2 Å². The second-order valence-corrected chi connectivity index (χ2v) is 7.22. The van der Waals surface area contributed by atoms with Crippen molar-refractivity contribution in [2.45, 2.75) is 37.5 Å². The molecule has 1 aliphatic rings. The molecule has 2 N–H and O–H groups in total. The number of nitrogens with zero attached hydrogens (tertiary/aromatic N) is 3. The summed E-state index contributed by atoms with van der Waals surface area (Å²) >= 11 is 0. The van der Waals surface area contributed by atoms with E-state index in [4.69, 9.17) is 0 Å². The minimum absolute atomic E-state index is 0.0794. The van der Waals surface area contributed by atoms with Gasteiger partial charge in [-0.05, 0) is 32.4 Å². The van der Waals surface area contributed by atoms with E-state index in [0.717, 1.165) is 25.9 Å². The smallest absolute Gasteiger partial charge is 0.273 e. The highest BCUT2D eigenvalue weighted by Gasteiger charge is 2.18. The van der Waals surface area contributed by atoms with Crippen molar-refractivity contribution in [3.05, 3.63) is 11.9 Å². The predicted molar refractivity (Wildman–Crippen MR) is 81.6 cm³/mol. The van der Waals surface area contributed by atoms with Crippen LogP contribution >= 0.6 is 0 Å². The molecule has 1 fully saturated rings. The molecular weight excluding hydrogens is 290 g/mol. The number of piperidine rings is 1. The van der Waals surface area contributed by atoms with Crippen LogP contribution in [0.15, 0.2) is 6.20 Å². The van der Waals surface area contributed by atoms with Crippen LogP contribution in [-0.2, 0) is 10.8 Å². The Morgan fingerprint density at radius 3 is 2.95 bits per heavy atom. The van der Waals surface area contributed by atoms with Crippen LogP contribution < -0.4 is 10.6 Å². The molecule has 1 aromatic heterocycles. The number of hydrogen-bond donors (Lipinski definition) is 2. The molecule has 0 aliphatic carbocycles. The molecule has 2 rings (SSSR count). The molecule has 0 saturated carbocycles. The quantitative estimate of drug-likeness (QED) is 0.777. The molecular formula is C13H23N5O2S. The zero-order chi connectivity index (χ0) is 15.2. The standard InChI is InChI=1S/C13H23N5O2S/c1-10(21(2)20)3-8-15-13(19)12-9-18(17-16-12)11-4-6-14-7-5-11/h9-11,14H,3-8H2,1-2H3,(H,15,19). The molecule has 2 atom stereocenters. The predicted octanol–water partition coefficient (Wildman–Crippen LogP) is 0.0895. The van der Waals surface area contributed by atoms with E-state index >= 15 is 0 Å². The van der Waals surface area contributed by atoms with Crippen molar-refractivity contribution >= 4 is 16.7 Å². The van der Waals surface area contributed by atoms with Crippen molar-refractivity contribution in [3.63, 3.8) is 0 Å². The molecule has 118 valence electrons. The summed E-state index contributed by atoms with van der Waals surface area (Å²) < 4.78 is 13.0. The monoisotopic (exact) mass is 313 g/mol. The van der Waals surface area contributed by atoms with Crippen molar-refractivity contribution in [2.24, 2.45) is 0 Å². The summed E-state index contributed by atoms with van der Waals surface area (Å²) in [6.45, 7) is 4.35. The van der Waals surface area contributed by atoms with Crippen LogP contribution in [0.5, 0.6) is 0 Å². The molecule has 1 aromatic rings. The topological polar surface area (TPSA) is 88.9 Å². The number of nitrogens with one attached hydrogen (secondary N) is 2. The Hall–Kier alpha value is -1.28. The van der Waals surface area contributed by atoms with Gasteiger partial charge in [-0.25, -0.2) is 4.68 Å². The van der Waals surface area contributed by atoms with Gasteiger partial charge in [0.1, 0.15) is 0 Å². The second kappa shape index (κ2) is 7.65. The van der Waals surface area contributed by atoms with Crippen molar-refractivity contribution in [2.75, 3.05) is 25.9 Å². The van der Waals surface area contributed by atoms with Crippen LogP contribution in [-0.4, -0.2) is 56.2 Å². The Balaban J connectivity index is 1.82. The van der Waals surface area contributed by atoms with Crippen molar-refractivity contribution in [1.29, 1.82) is 0 Å². The fourth-order valence-corrected chi connectivity index (χ4v) is 2.73. The summed E-state index contributed by atoms with van der Waals surface area (Å²) in [4.78, 5) is 12.0. The Kier molecular flexibility index (Phi) is 5.86. The highest BCUT2D eigenvalue weighted by Crippen LogP contribution is 2.16. The van der Waals surface area contributed by atoms with Gasteiger partial charge < -0.3 is 10.6 Å². The minimum Gasteiger partial charge on any atom is -0.351 e. The first-order chi connectivity index (χ1) is 10.1. The maximum Gasteiger partial charge on any atom is 0.273 e. The van der Waals surface area contributed by atoms with E-state index in [9.17, 15) is 9.00 Å². The maximum absolute atomic E-state index is 12.0. The highest BCUT2D eigenvalue weighted by atomic mass is 32.2. The Morgan fingerprint density at radius 2 is 2.29 bits per heavy atom. The lowest BCUT2D eigenvalue weighted by Crippen LogP contribution is -2.29. The fraction of sp³-hybridized carbons (Fsp3) is 0.769. The summed E-state index contributed by atoms with van der Waals surface area (Å²) in [7, 11) is -0.858. The van der Waals surface area contributed by atoms with E-state index in [0.29, 0.717) is 24.7 Å². The third-order valence-electron chi connectivity index (χ3n) is 3.83. The summed E-state index contributed by atoms with van der Waals surface area (Å²) in [6.07, 6.45) is 6.09. The van der Waals surface area contributed by atoms with Gasteiger partial charge in [-0.3, -0.25) is 9.00 Å². The number of amides is 1. The molecule has 1 saturated heterocycles. The number of carbonyl (C=O) groups excluding carboxylic acids is 1. The van der Waals surface area contributed by atoms with Crippen molar-refractivity contribution in [1.82, 2.24) is 25.6 Å². The summed E-state index contributed by atoms with van der Waals surface area (Å²) in [5, 5.41) is 14.2. The fourth-order valence-electron chi connectivity index (χ4n) is 2.28. The van der Waals surface area contributed by atoms with E-state index in [1.807, 2.05) is 6.92 Å². The van der Waals surface area contributed by atoms with Gasteiger partial charge in [0.2, 0.25) is 0 Å². The third kappa shape index (κ3) is 4.60. The number of hydrogen-bond acceptors (Lipinski definition) is 5. The lowest BCUT2D eigenvalue weighted by molar-refractivity contribution is 0.0948. The third-order valence-corrected chi connectivity index (χ3v) is 5.20. The van der Waals surface area contributed by atoms with Crippen molar-refractivity contribution in [3.8, 4) is 0 Å². The van der Waals surface area contributed by atoms with Crippen LogP contribution in [0, 0.1) is 0 Å². The zero-order valence-corrected chi connectivity index (χ0v) is 13.4. The molecule has 0 radical (unpaired) electrons. The largest absolute Gasteiger partial charge is 0.351 e. The second-order valence-electron chi connectivity index (χ2n) is 5.42. The van der Waals surface area contributed by atoms with Crippen LogP contribution in [0.3, 0.4) is 0 Å². The summed E-state index contributed by atoms with van der Waals surface area (Å²) in [5.41, 5.74) is 0.346. The van der Waals surface area contributed by atoms with Gasteiger partial charge in [0.05, 0.1) is 12.2 Å². The van der Waals surface area contributed by atoms with E-state index in [2.05, 4.69) is 20.9 Å². The lowest BCUT2D eigenvalue weighted by Gasteiger charge is -2.22. The highest BCUT2D eigenvalue weighted by molar-refractivity contribution is 7.84. The maximum atomic E-state index is 12.0. The Bertz CT molecular complexity index is 499. The van der Waals surface area contributed by atoms with Gasteiger partial charge >= 0.3 is 0 Å². The minimum atomic E-state index is -0.858. The molecule has 2 heterocycles. The van der Waals surface area contributed by atoms with Gasteiger partial charge in [0.15, 0.2) is 5.69 Å². The summed E-state index contributed by atoms with van der Waals surface area (Å²) in [5.74, 6) is -0.218. The molecule has 8 heteroatoms. The van der Waals surface area contributed by atoms with E-state index < -0.39 is 10.8 Å². The van der Waals surface area contributed by atoms with Crippen LogP contribution in [0.4, 0.5) is 0 Å². The molecule has 7 nitrogen and oxygen atoms in total. The molecule has 0 bridgehead atoms. The SMILES string of the molecule is CC(CCNC(=O)c1cn(C2CCNCC2)nn1)S(C)=O. The molecule has 0 spiro atoms. The summed E-state index contributed by atoms with van der Waals surface area (Å²) in [6, 6.07) is 0.322. The van der Waals surface area contributed by atoms with Crippen LogP contribution in [0.2, 0.25) is 0 Å².